The Kier molecular flexibility index (Phi) is 4.01. The quantitative estimate of drug-likeness (QED) is 0.672. The van der Waals surface area contributed by atoms with Gasteiger partial charge in [-0.05, 0) is 26.2 Å². The Bertz CT molecular complexity index is 496. The second-order valence-corrected chi connectivity index (χ2v) is 9.62. The monoisotopic (exact) mass is 296 g/mol. The second kappa shape index (κ2) is 5.07. The van der Waals surface area contributed by atoms with Crippen LogP contribution in [0.25, 0.3) is 0 Å². The lowest BCUT2D eigenvalue weighted by molar-refractivity contribution is 0.541. The zero-order chi connectivity index (χ0) is 13.4. The van der Waals surface area contributed by atoms with Gasteiger partial charge in [-0.1, -0.05) is 0 Å². The lowest BCUT2D eigenvalue weighted by atomic mass is 10.3. The van der Waals surface area contributed by atoms with Crippen molar-refractivity contribution in [1.82, 2.24) is 10.0 Å². The summed E-state index contributed by atoms with van der Waals surface area (Å²) >= 11 is 0. The molecule has 2 unspecified atom stereocenters. The van der Waals surface area contributed by atoms with Crippen molar-refractivity contribution in [1.29, 1.82) is 0 Å². The molecular formula is C10H20N2O4S2. The zero-order valence-corrected chi connectivity index (χ0v) is 12.1. The molecule has 0 bridgehead atoms. The molecule has 1 aliphatic heterocycles. The van der Waals surface area contributed by atoms with E-state index in [1.165, 1.54) is 0 Å². The highest BCUT2D eigenvalue weighted by Gasteiger charge is 2.33. The normalized spacial score (nSPS) is 29.3. The fourth-order valence-corrected chi connectivity index (χ4v) is 4.96. The molecule has 1 aliphatic carbocycles. The van der Waals surface area contributed by atoms with Crippen molar-refractivity contribution in [3.63, 3.8) is 0 Å². The van der Waals surface area contributed by atoms with Crippen molar-refractivity contribution in [2.24, 2.45) is 0 Å². The van der Waals surface area contributed by atoms with Crippen LogP contribution in [0, 0.1) is 0 Å². The van der Waals surface area contributed by atoms with E-state index >= 15 is 0 Å². The fraction of sp³-hybridized carbons (Fsp3) is 1.00. The van der Waals surface area contributed by atoms with Gasteiger partial charge in [0, 0.05) is 18.6 Å². The maximum Gasteiger partial charge on any atom is 0.215 e. The van der Waals surface area contributed by atoms with Gasteiger partial charge in [-0.25, -0.2) is 21.6 Å². The van der Waals surface area contributed by atoms with Crippen LogP contribution in [0.2, 0.25) is 0 Å². The van der Waals surface area contributed by atoms with Crippen LogP contribution in [0.15, 0.2) is 0 Å². The summed E-state index contributed by atoms with van der Waals surface area (Å²) in [7, 11) is -6.49. The largest absolute Gasteiger partial charge is 0.313 e. The van der Waals surface area contributed by atoms with Crippen LogP contribution < -0.4 is 10.0 Å². The smallest absolute Gasteiger partial charge is 0.215 e. The van der Waals surface area contributed by atoms with Crippen LogP contribution >= 0.6 is 0 Å². The van der Waals surface area contributed by atoms with E-state index in [0.29, 0.717) is 19.0 Å². The molecule has 0 spiro atoms. The standard InChI is InChI=1S/C10H20N2O4S2/c1-8(6-11-9-2-3-9)18(15,16)12-10-4-5-17(13,14)7-10/h8-12H,2-7H2,1H3. The molecular weight excluding hydrogens is 276 g/mol. The molecule has 2 N–H and O–H groups in total. The van der Waals surface area contributed by atoms with Crippen LogP contribution in [0.3, 0.4) is 0 Å². The Morgan fingerprint density at radius 2 is 1.89 bits per heavy atom. The Labute approximate surface area is 108 Å². The van der Waals surface area contributed by atoms with Crippen LogP contribution in [-0.4, -0.2) is 52.2 Å². The molecule has 6 nitrogen and oxygen atoms in total. The summed E-state index contributed by atoms with van der Waals surface area (Å²) in [5, 5.41) is 2.63. The maximum atomic E-state index is 12.0. The summed E-state index contributed by atoms with van der Waals surface area (Å²) in [5.74, 6) is 0.00386. The SMILES string of the molecule is CC(CNC1CC1)S(=O)(=O)NC1CCS(=O)(=O)C1. The summed E-state index contributed by atoms with van der Waals surface area (Å²) in [6.07, 6.45) is 2.60. The van der Waals surface area contributed by atoms with Gasteiger partial charge in [0.1, 0.15) is 0 Å². The topological polar surface area (TPSA) is 92.3 Å². The first-order valence-electron chi connectivity index (χ1n) is 6.23. The summed E-state index contributed by atoms with van der Waals surface area (Å²) < 4.78 is 49.0. The minimum atomic E-state index is -3.44. The summed E-state index contributed by atoms with van der Waals surface area (Å²) in [6, 6.07) is 0.0119. The average Bonchev–Trinajstić information content (AvgIpc) is 3.00. The van der Waals surface area contributed by atoms with Gasteiger partial charge < -0.3 is 5.32 Å². The molecule has 18 heavy (non-hydrogen) atoms. The molecule has 1 saturated carbocycles. The van der Waals surface area contributed by atoms with E-state index < -0.39 is 31.2 Å². The van der Waals surface area contributed by atoms with Gasteiger partial charge in [-0.2, -0.15) is 0 Å². The highest BCUT2D eigenvalue weighted by atomic mass is 32.2. The summed E-state index contributed by atoms with van der Waals surface area (Å²) in [5.41, 5.74) is 0. The fourth-order valence-electron chi connectivity index (χ4n) is 1.97. The number of sulfone groups is 1. The second-order valence-electron chi connectivity index (χ2n) is 5.26. The lowest BCUT2D eigenvalue weighted by Crippen LogP contribution is -2.44. The van der Waals surface area contributed by atoms with Gasteiger partial charge in [-0.15, -0.1) is 0 Å². The maximum absolute atomic E-state index is 12.0. The number of sulfonamides is 1. The first kappa shape index (κ1) is 14.2. The Morgan fingerprint density at radius 1 is 1.22 bits per heavy atom. The first-order valence-corrected chi connectivity index (χ1v) is 9.60. The van der Waals surface area contributed by atoms with Gasteiger partial charge in [0.15, 0.2) is 9.84 Å². The van der Waals surface area contributed by atoms with Crippen molar-refractivity contribution in [2.45, 2.75) is 43.5 Å². The molecule has 2 atom stereocenters. The summed E-state index contributed by atoms with van der Waals surface area (Å²) in [6.45, 7) is 2.06. The molecule has 106 valence electrons. The van der Waals surface area contributed by atoms with E-state index in [0.717, 1.165) is 12.8 Å². The highest BCUT2D eigenvalue weighted by molar-refractivity contribution is 7.92. The third-order valence-corrected chi connectivity index (χ3v) is 7.02. The Balaban J connectivity index is 1.86. The van der Waals surface area contributed by atoms with E-state index in [1.807, 2.05) is 0 Å². The van der Waals surface area contributed by atoms with Crippen molar-refractivity contribution in [3.8, 4) is 0 Å². The molecule has 0 aromatic carbocycles. The molecule has 0 amide bonds. The number of rotatable bonds is 6. The number of hydrogen-bond acceptors (Lipinski definition) is 5. The number of hydrogen-bond donors (Lipinski definition) is 2. The summed E-state index contributed by atoms with van der Waals surface area (Å²) in [4.78, 5) is 0. The molecule has 1 heterocycles. The molecule has 8 heteroatoms. The third-order valence-electron chi connectivity index (χ3n) is 3.36. The molecule has 0 aromatic heterocycles. The van der Waals surface area contributed by atoms with Gasteiger partial charge in [0.05, 0.1) is 16.8 Å². The molecule has 2 aliphatic rings. The van der Waals surface area contributed by atoms with Gasteiger partial charge in [0.2, 0.25) is 10.0 Å². The van der Waals surface area contributed by atoms with Crippen LogP contribution in [0.1, 0.15) is 26.2 Å². The predicted octanol–water partition coefficient (Wildman–Crippen LogP) is -0.767. The minimum absolute atomic E-state index is 0.0744. The van der Waals surface area contributed by atoms with E-state index in [9.17, 15) is 16.8 Å². The molecule has 0 aromatic rings. The van der Waals surface area contributed by atoms with Crippen molar-refractivity contribution < 1.29 is 16.8 Å². The third kappa shape index (κ3) is 3.91. The Morgan fingerprint density at radius 3 is 2.39 bits per heavy atom. The zero-order valence-electron chi connectivity index (χ0n) is 10.4. The van der Waals surface area contributed by atoms with E-state index in [-0.39, 0.29) is 11.5 Å². The van der Waals surface area contributed by atoms with E-state index in [1.54, 1.807) is 6.92 Å². The molecule has 0 radical (unpaired) electrons. The van der Waals surface area contributed by atoms with Crippen LogP contribution in [0.4, 0.5) is 0 Å². The van der Waals surface area contributed by atoms with Crippen LogP contribution in [-0.2, 0) is 19.9 Å². The first-order chi connectivity index (χ1) is 8.28. The van der Waals surface area contributed by atoms with Crippen molar-refractivity contribution >= 4 is 19.9 Å². The predicted molar refractivity (Wildman–Crippen MR) is 69.6 cm³/mol. The van der Waals surface area contributed by atoms with E-state index in [4.69, 9.17) is 0 Å². The molecule has 1 saturated heterocycles. The lowest BCUT2D eigenvalue weighted by Gasteiger charge is -2.17. The van der Waals surface area contributed by atoms with Crippen molar-refractivity contribution in [3.05, 3.63) is 0 Å². The Hall–Kier alpha value is -0.180. The van der Waals surface area contributed by atoms with Crippen LogP contribution in [0.5, 0.6) is 0 Å². The van der Waals surface area contributed by atoms with Crippen molar-refractivity contribution in [2.75, 3.05) is 18.1 Å². The van der Waals surface area contributed by atoms with Gasteiger partial charge in [0.25, 0.3) is 0 Å². The number of nitrogens with one attached hydrogen (secondary N) is 2. The molecule has 2 fully saturated rings. The molecule has 2 rings (SSSR count). The van der Waals surface area contributed by atoms with Gasteiger partial charge >= 0.3 is 0 Å². The average molecular weight is 296 g/mol. The van der Waals surface area contributed by atoms with Gasteiger partial charge in [-0.3, -0.25) is 0 Å². The van der Waals surface area contributed by atoms with E-state index in [2.05, 4.69) is 10.0 Å². The highest BCUT2D eigenvalue weighted by Crippen LogP contribution is 2.19. The minimum Gasteiger partial charge on any atom is -0.313 e.